The van der Waals surface area contributed by atoms with Crippen LogP contribution in [0.1, 0.15) is 46.4 Å². The molecule has 2 heterocycles. The van der Waals surface area contributed by atoms with Gasteiger partial charge in [0.25, 0.3) is 0 Å². The molecule has 0 aliphatic carbocycles. The van der Waals surface area contributed by atoms with Gasteiger partial charge in [0, 0.05) is 11.6 Å². The highest BCUT2D eigenvalue weighted by Gasteiger charge is 2.49. The molecule has 1 aromatic heterocycles. The maximum absolute atomic E-state index is 12.6. The predicted molar refractivity (Wildman–Crippen MR) is 109 cm³/mol. The Morgan fingerprint density at radius 2 is 1.96 bits per heavy atom. The summed E-state index contributed by atoms with van der Waals surface area (Å²) in [6.45, 7) is 15.2. The lowest BCUT2D eigenvalue weighted by Gasteiger charge is -2.47. The number of hydrogen-bond donors (Lipinski definition) is 1. The molecule has 6 nitrogen and oxygen atoms in total. The van der Waals surface area contributed by atoms with E-state index < -0.39 is 19.8 Å². The van der Waals surface area contributed by atoms with Crippen molar-refractivity contribution >= 4 is 30.0 Å². The van der Waals surface area contributed by atoms with Gasteiger partial charge in [-0.05, 0) is 34.1 Å². The number of oxime groups is 1. The average Bonchev–Trinajstić information content (AvgIpc) is 2.50. The summed E-state index contributed by atoms with van der Waals surface area (Å²) in [4.78, 5) is 12.6. The molecule has 1 atom stereocenters. The lowest BCUT2D eigenvalue weighted by Crippen LogP contribution is -2.50. The highest BCUT2D eigenvalue weighted by Crippen LogP contribution is 2.49. The highest BCUT2D eigenvalue weighted by atomic mass is 79.9. The van der Waals surface area contributed by atoms with Gasteiger partial charge in [-0.25, -0.2) is 0 Å². The van der Waals surface area contributed by atoms with Crippen molar-refractivity contribution in [2.24, 2.45) is 10.6 Å². The van der Waals surface area contributed by atoms with Gasteiger partial charge < -0.3 is 18.9 Å². The van der Waals surface area contributed by atoms with Crippen LogP contribution in [0, 0.1) is 5.41 Å². The van der Waals surface area contributed by atoms with E-state index in [-0.39, 0.29) is 16.2 Å². The Morgan fingerprint density at radius 3 is 2.42 bits per heavy atom. The second-order valence-corrected chi connectivity index (χ2v) is 14.5. The monoisotopic (exact) mass is 444 g/mol. The summed E-state index contributed by atoms with van der Waals surface area (Å²) in [5, 5.41) is 13.1. The molecule has 0 radical (unpaired) electrons. The van der Waals surface area contributed by atoms with E-state index in [9.17, 15) is 10.0 Å². The lowest BCUT2D eigenvalue weighted by molar-refractivity contribution is 0.0800. The van der Waals surface area contributed by atoms with Gasteiger partial charge >= 0.3 is 0 Å². The average molecular weight is 445 g/mol. The van der Waals surface area contributed by atoms with Crippen molar-refractivity contribution in [2.45, 2.75) is 65.4 Å². The first kappa shape index (κ1) is 21.2. The topological polar surface area (TPSA) is 73.1 Å². The fourth-order valence-corrected chi connectivity index (χ4v) is 4.69. The number of rotatable bonds is 3. The number of methoxy groups -OCH3 is 1. The van der Waals surface area contributed by atoms with Crippen LogP contribution in [0.4, 0.5) is 0 Å². The second kappa shape index (κ2) is 6.80. The number of pyridine rings is 1. The van der Waals surface area contributed by atoms with E-state index >= 15 is 0 Å². The first-order chi connectivity index (χ1) is 11.8. The molecule has 0 aromatic carbocycles. The number of ether oxygens (including phenoxy) is 1. The minimum absolute atomic E-state index is 0.00916. The zero-order chi connectivity index (χ0) is 20.1. The van der Waals surface area contributed by atoms with Crippen molar-refractivity contribution in [3.63, 3.8) is 0 Å². The molecular formula is C18H29BrN2O4Si. The van der Waals surface area contributed by atoms with Crippen molar-refractivity contribution in [1.82, 2.24) is 4.57 Å². The zero-order valence-electron chi connectivity index (χ0n) is 16.8. The van der Waals surface area contributed by atoms with Crippen LogP contribution in [0.3, 0.4) is 0 Å². The maximum atomic E-state index is 12.6. The lowest BCUT2D eigenvalue weighted by atomic mass is 9.77. The van der Waals surface area contributed by atoms with Crippen LogP contribution < -0.4 is 10.2 Å². The summed E-state index contributed by atoms with van der Waals surface area (Å²) < 4.78 is 14.5. The van der Waals surface area contributed by atoms with Gasteiger partial charge in [0.05, 0.1) is 35.6 Å². The zero-order valence-corrected chi connectivity index (χ0v) is 19.4. The van der Waals surface area contributed by atoms with E-state index in [4.69, 9.17) is 9.16 Å². The van der Waals surface area contributed by atoms with Gasteiger partial charge in [-0.1, -0.05) is 39.8 Å². The van der Waals surface area contributed by atoms with Crippen molar-refractivity contribution in [3.05, 3.63) is 26.6 Å². The Balaban J connectivity index is 2.77. The summed E-state index contributed by atoms with van der Waals surface area (Å²) in [6, 6.07) is 0. The molecule has 0 spiro atoms. The van der Waals surface area contributed by atoms with Crippen LogP contribution in [-0.2, 0) is 11.0 Å². The van der Waals surface area contributed by atoms with Gasteiger partial charge in [0.2, 0.25) is 5.43 Å². The SMILES string of the molecule is COc1c2n(cc(Br)c1=O)C/C(=N/O)C(C)(C)C2O[Si](C)(C)C(C)(C)C. The number of halogens is 1. The van der Waals surface area contributed by atoms with Crippen molar-refractivity contribution in [1.29, 1.82) is 0 Å². The summed E-state index contributed by atoms with van der Waals surface area (Å²) in [5.74, 6) is 0.271. The quantitative estimate of drug-likeness (QED) is 0.421. The van der Waals surface area contributed by atoms with Crippen LogP contribution in [0.15, 0.2) is 20.6 Å². The normalized spacial score (nSPS) is 21.6. The molecular weight excluding hydrogens is 416 g/mol. The number of aromatic nitrogens is 1. The summed E-state index contributed by atoms with van der Waals surface area (Å²) in [6.07, 6.45) is 1.25. The molecule has 0 saturated heterocycles. The fourth-order valence-electron chi connectivity index (χ4n) is 2.91. The first-order valence-electron chi connectivity index (χ1n) is 8.64. The van der Waals surface area contributed by atoms with Crippen LogP contribution in [-0.4, -0.2) is 30.9 Å². The third kappa shape index (κ3) is 3.38. The van der Waals surface area contributed by atoms with E-state index in [0.717, 1.165) is 0 Å². The molecule has 8 heteroatoms. The van der Waals surface area contributed by atoms with Gasteiger partial charge in [-0.15, -0.1) is 0 Å². The standard InChI is InChI=1S/C18H29BrN2O4Si/c1-17(2,3)26(7,8)25-16-13-15(24-6)14(22)11(19)9-21(13)10-12(20-23)18(16,4)5/h9,16,23H,10H2,1-8H3/b20-12-. The number of fused-ring (bicyclic) bond motifs is 1. The molecule has 0 saturated carbocycles. The molecule has 1 aromatic rings. The Morgan fingerprint density at radius 1 is 1.38 bits per heavy atom. The fraction of sp³-hybridized carbons (Fsp3) is 0.667. The van der Waals surface area contributed by atoms with Crippen molar-refractivity contribution < 1.29 is 14.4 Å². The maximum Gasteiger partial charge on any atom is 0.237 e. The van der Waals surface area contributed by atoms with Crippen LogP contribution in [0.5, 0.6) is 5.75 Å². The Hall–Kier alpha value is -1.12. The minimum Gasteiger partial charge on any atom is -0.491 e. The highest BCUT2D eigenvalue weighted by molar-refractivity contribution is 9.10. The third-order valence-corrected chi connectivity index (χ3v) is 10.7. The molecule has 146 valence electrons. The molecule has 1 unspecified atom stereocenters. The predicted octanol–water partition coefficient (Wildman–Crippen LogP) is 4.55. The Bertz CT molecular complexity index is 794. The van der Waals surface area contributed by atoms with Crippen molar-refractivity contribution in [2.75, 3.05) is 7.11 Å². The third-order valence-electron chi connectivity index (χ3n) is 5.75. The van der Waals surface area contributed by atoms with Crippen molar-refractivity contribution in [3.8, 4) is 5.75 Å². The van der Waals surface area contributed by atoms with Crippen LogP contribution >= 0.6 is 15.9 Å². The summed E-state index contributed by atoms with van der Waals surface area (Å²) >= 11 is 3.30. The van der Waals surface area contributed by atoms with E-state index in [1.165, 1.54) is 7.11 Å². The van der Waals surface area contributed by atoms with Gasteiger partial charge in [-0.2, -0.15) is 0 Å². The van der Waals surface area contributed by atoms with E-state index in [0.29, 0.717) is 22.4 Å². The first-order valence-corrected chi connectivity index (χ1v) is 12.3. The molecule has 0 bridgehead atoms. The molecule has 2 rings (SSSR count). The summed E-state index contributed by atoms with van der Waals surface area (Å²) in [5.41, 5.74) is 0.509. The van der Waals surface area contributed by atoms with Crippen LogP contribution in [0.2, 0.25) is 18.1 Å². The number of nitrogens with zero attached hydrogens (tertiary/aromatic N) is 2. The summed E-state index contributed by atoms with van der Waals surface area (Å²) in [7, 11) is -0.682. The molecule has 26 heavy (non-hydrogen) atoms. The molecule has 1 aliphatic heterocycles. The van der Waals surface area contributed by atoms with Gasteiger partial charge in [-0.3, -0.25) is 4.79 Å². The molecule has 0 amide bonds. The number of hydrogen-bond acceptors (Lipinski definition) is 5. The van der Waals surface area contributed by atoms with Gasteiger partial charge in [0.15, 0.2) is 14.1 Å². The minimum atomic E-state index is -2.18. The Kier molecular flexibility index (Phi) is 5.54. The van der Waals surface area contributed by atoms with E-state index in [1.807, 2.05) is 18.4 Å². The van der Waals surface area contributed by atoms with Crippen LogP contribution in [0.25, 0.3) is 0 Å². The second-order valence-electron chi connectivity index (χ2n) is 8.88. The van der Waals surface area contributed by atoms with Gasteiger partial charge in [0.1, 0.15) is 0 Å². The molecule has 1 N–H and O–H groups in total. The van der Waals surface area contributed by atoms with E-state index in [2.05, 4.69) is 55.0 Å². The molecule has 0 fully saturated rings. The smallest absolute Gasteiger partial charge is 0.237 e. The largest absolute Gasteiger partial charge is 0.491 e. The molecule has 1 aliphatic rings. The van der Waals surface area contributed by atoms with E-state index in [1.54, 1.807) is 6.20 Å². The Labute approximate surface area is 164 Å².